The summed E-state index contributed by atoms with van der Waals surface area (Å²) in [5.74, 6) is -0.0181. The van der Waals surface area contributed by atoms with Crippen molar-refractivity contribution in [2.24, 2.45) is 0 Å². The van der Waals surface area contributed by atoms with E-state index in [1.165, 1.54) is 5.56 Å². The van der Waals surface area contributed by atoms with E-state index in [2.05, 4.69) is 16.2 Å². The number of hydrazine groups is 1. The number of hydrogen-bond donors (Lipinski definition) is 3. The lowest BCUT2D eigenvalue weighted by Gasteiger charge is -2.12. The minimum Gasteiger partial charge on any atom is -0.493 e. The van der Waals surface area contributed by atoms with Crippen molar-refractivity contribution in [1.29, 1.82) is 0 Å². The van der Waals surface area contributed by atoms with Gasteiger partial charge in [-0.2, -0.15) is 0 Å². The zero-order valence-electron chi connectivity index (χ0n) is 17.5. The number of nitrogens with one attached hydrogen (secondary N) is 3. The van der Waals surface area contributed by atoms with Gasteiger partial charge in [0.2, 0.25) is 5.91 Å². The van der Waals surface area contributed by atoms with Crippen LogP contribution in [0, 0.1) is 0 Å². The van der Waals surface area contributed by atoms with Crippen molar-refractivity contribution in [3.8, 4) is 5.75 Å². The summed E-state index contributed by atoms with van der Waals surface area (Å²) in [6, 6.07) is 26.6. The third-order valence-corrected chi connectivity index (χ3v) is 4.83. The van der Waals surface area contributed by atoms with E-state index in [9.17, 15) is 9.59 Å². The van der Waals surface area contributed by atoms with Crippen LogP contribution in [0.4, 0.5) is 0 Å². The van der Waals surface area contributed by atoms with Gasteiger partial charge in [0.25, 0.3) is 5.91 Å². The molecule has 3 rings (SSSR count). The summed E-state index contributed by atoms with van der Waals surface area (Å²) in [6.07, 6.45) is 1.69. The van der Waals surface area contributed by atoms with E-state index in [4.69, 9.17) is 17.0 Å². The molecule has 0 bridgehead atoms. The fourth-order valence-electron chi connectivity index (χ4n) is 2.96. The highest BCUT2D eigenvalue weighted by atomic mass is 32.1. The molecule has 0 heterocycles. The number of amides is 2. The van der Waals surface area contributed by atoms with Crippen LogP contribution in [0.1, 0.15) is 27.9 Å². The van der Waals surface area contributed by atoms with Crippen molar-refractivity contribution in [3.05, 3.63) is 102 Å². The van der Waals surface area contributed by atoms with Crippen LogP contribution in [0.5, 0.6) is 5.75 Å². The second-order valence-corrected chi connectivity index (χ2v) is 7.46. The maximum atomic E-state index is 12.5. The Morgan fingerprint density at radius 3 is 2.12 bits per heavy atom. The summed E-state index contributed by atoms with van der Waals surface area (Å²) >= 11 is 5.09. The number of carbonyl (C=O) groups is 2. The number of thiocarbonyl (C=S) groups is 1. The Hall–Kier alpha value is -3.71. The molecule has 0 saturated heterocycles. The summed E-state index contributed by atoms with van der Waals surface area (Å²) in [5.41, 5.74) is 7.71. The molecule has 0 aliphatic rings. The third kappa shape index (κ3) is 7.85. The Morgan fingerprint density at radius 2 is 1.44 bits per heavy atom. The van der Waals surface area contributed by atoms with E-state index in [-0.39, 0.29) is 11.0 Å². The first-order valence-electron chi connectivity index (χ1n) is 10.3. The average molecular weight is 448 g/mol. The van der Waals surface area contributed by atoms with Crippen LogP contribution in [-0.2, 0) is 17.6 Å². The molecule has 0 aromatic heterocycles. The SMILES string of the molecule is O=C(CCc1ccccc1)NNC(=S)NC(=O)c1cccc(OCCc2ccccc2)c1. The maximum absolute atomic E-state index is 12.5. The average Bonchev–Trinajstić information content (AvgIpc) is 2.83. The first kappa shape index (κ1) is 23.0. The van der Waals surface area contributed by atoms with Crippen LogP contribution in [0.15, 0.2) is 84.9 Å². The van der Waals surface area contributed by atoms with Gasteiger partial charge in [0.1, 0.15) is 5.75 Å². The molecule has 0 aliphatic heterocycles. The van der Waals surface area contributed by atoms with Gasteiger partial charge in [0, 0.05) is 18.4 Å². The zero-order chi connectivity index (χ0) is 22.6. The van der Waals surface area contributed by atoms with Gasteiger partial charge in [-0.3, -0.25) is 25.8 Å². The van der Waals surface area contributed by atoms with Crippen molar-refractivity contribution in [1.82, 2.24) is 16.2 Å². The summed E-state index contributed by atoms with van der Waals surface area (Å²) < 4.78 is 5.76. The number of ether oxygens (including phenoxy) is 1. The second-order valence-electron chi connectivity index (χ2n) is 7.05. The molecule has 0 unspecified atom stereocenters. The Morgan fingerprint density at radius 1 is 0.781 bits per heavy atom. The normalized spacial score (nSPS) is 10.1. The second kappa shape index (κ2) is 12.2. The van der Waals surface area contributed by atoms with Crippen molar-refractivity contribution < 1.29 is 14.3 Å². The summed E-state index contributed by atoms with van der Waals surface area (Å²) in [4.78, 5) is 24.4. The predicted molar refractivity (Wildman–Crippen MR) is 128 cm³/mol. The molecule has 3 N–H and O–H groups in total. The molecule has 0 atom stereocenters. The fraction of sp³-hybridized carbons (Fsp3) is 0.160. The Balaban J connectivity index is 1.40. The molecule has 0 fully saturated rings. The van der Waals surface area contributed by atoms with Crippen LogP contribution in [0.2, 0.25) is 0 Å². The van der Waals surface area contributed by atoms with Gasteiger partial charge < -0.3 is 4.74 Å². The van der Waals surface area contributed by atoms with Gasteiger partial charge in [0.05, 0.1) is 6.61 Å². The van der Waals surface area contributed by atoms with Crippen LogP contribution in [0.3, 0.4) is 0 Å². The number of aryl methyl sites for hydroxylation is 1. The number of carbonyl (C=O) groups excluding carboxylic acids is 2. The summed E-state index contributed by atoms with van der Waals surface area (Å²) in [5, 5.41) is 2.56. The lowest BCUT2D eigenvalue weighted by molar-refractivity contribution is -0.121. The van der Waals surface area contributed by atoms with Crippen molar-refractivity contribution in [2.75, 3.05) is 6.61 Å². The first-order chi connectivity index (χ1) is 15.6. The highest BCUT2D eigenvalue weighted by molar-refractivity contribution is 7.80. The minimum atomic E-state index is -0.394. The lowest BCUT2D eigenvalue weighted by atomic mass is 10.1. The van der Waals surface area contributed by atoms with Gasteiger partial charge in [-0.05, 0) is 48.0 Å². The zero-order valence-corrected chi connectivity index (χ0v) is 18.4. The van der Waals surface area contributed by atoms with Crippen LogP contribution < -0.4 is 20.9 Å². The predicted octanol–water partition coefficient (Wildman–Crippen LogP) is 3.58. The molecular formula is C25H25N3O3S. The van der Waals surface area contributed by atoms with E-state index in [0.29, 0.717) is 30.8 Å². The highest BCUT2D eigenvalue weighted by Gasteiger charge is 2.10. The Labute approximate surface area is 193 Å². The number of rotatable bonds is 8. The van der Waals surface area contributed by atoms with Crippen molar-refractivity contribution in [2.45, 2.75) is 19.3 Å². The van der Waals surface area contributed by atoms with Crippen LogP contribution in [-0.4, -0.2) is 23.5 Å². The molecule has 164 valence electrons. The molecule has 2 amide bonds. The topological polar surface area (TPSA) is 79.5 Å². The van der Waals surface area contributed by atoms with Crippen LogP contribution in [0.25, 0.3) is 0 Å². The molecule has 0 spiro atoms. The highest BCUT2D eigenvalue weighted by Crippen LogP contribution is 2.14. The molecule has 0 aliphatic carbocycles. The van der Waals surface area contributed by atoms with E-state index >= 15 is 0 Å². The molecule has 0 saturated carbocycles. The van der Waals surface area contributed by atoms with Crippen molar-refractivity contribution in [3.63, 3.8) is 0 Å². The maximum Gasteiger partial charge on any atom is 0.257 e. The monoisotopic (exact) mass is 447 g/mol. The molecular weight excluding hydrogens is 422 g/mol. The van der Waals surface area contributed by atoms with Gasteiger partial charge >= 0.3 is 0 Å². The lowest BCUT2D eigenvalue weighted by Crippen LogP contribution is -2.48. The Bertz CT molecular complexity index is 1040. The van der Waals surface area contributed by atoms with E-state index in [1.54, 1.807) is 24.3 Å². The van der Waals surface area contributed by atoms with Gasteiger partial charge in [-0.25, -0.2) is 0 Å². The van der Waals surface area contributed by atoms with Crippen molar-refractivity contribution >= 4 is 29.1 Å². The minimum absolute atomic E-state index is 0.0125. The quantitative estimate of drug-likeness (QED) is 0.363. The number of hydrogen-bond acceptors (Lipinski definition) is 4. The van der Waals surface area contributed by atoms with E-state index in [1.807, 2.05) is 60.7 Å². The fourth-order valence-corrected chi connectivity index (χ4v) is 3.10. The van der Waals surface area contributed by atoms with Gasteiger partial charge in [-0.15, -0.1) is 0 Å². The largest absolute Gasteiger partial charge is 0.493 e. The third-order valence-electron chi connectivity index (χ3n) is 4.62. The smallest absolute Gasteiger partial charge is 0.257 e. The molecule has 32 heavy (non-hydrogen) atoms. The van der Waals surface area contributed by atoms with Gasteiger partial charge in [0.15, 0.2) is 5.11 Å². The first-order valence-corrected chi connectivity index (χ1v) is 10.7. The molecule has 0 radical (unpaired) electrons. The molecule has 7 heteroatoms. The van der Waals surface area contributed by atoms with Crippen LogP contribution >= 0.6 is 12.2 Å². The van der Waals surface area contributed by atoms with Gasteiger partial charge in [-0.1, -0.05) is 66.7 Å². The molecule has 6 nitrogen and oxygen atoms in total. The Kier molecular flexibility index (Phi) is 8.77. The summed E-state index contributed by atoms with van der Waals surface area (Å²) in [7, 11) is 0. The van der Waals surface area contributed by atoms with E-state index in [0.717, 1.165) is 12.0 Å². The number of benzene rings is 3. The summed E-state index contributed by atoms with van der Waals surface area (Å²) in [6.45, 7) is 0.504. The molecule has 3 aromatic carbocycles. The standard InChI is InChI=1S/C25H25N3O3S/c29-23(15-14-19-8-3-1-4-9-19)27-28-25(32)26-24(30)21-12-7-13-22(18-21)31-17-16-20-10-5-2-6-11-20/h1-13,18H,14-17H2,(H,27,29)(H2,26,28,30,32). The van der Waals surface area contributed by atoms with E-state index < -0.39 is 5.91 Å². The molecule has 3 aromatic rings.